The van der Waals surface area contributed by atoms with Crippen molar-refractivity contribution in [2.24, 2.45) is 0 Å². The van der Waals surface area contributed by atoms with Gasteiger partial charge in [0.15, 0.2) is 0 Å². The van der Waals surface area contributed by atoms with E-state index < -0.39 is 0 Å². The fourth-order valence-corrected chi connectivity index (χ4v) is 2.42. The monoisotopic (exact) mass is 423 g/mol. The average Bonchev–Trinajstić information content (AvgIpc) is 2.74. The predicted molar refractivity (Wildman–Crippen MR) is 116 cm³/mol. The predicted octanol–water partition coefficient (Wildman–Crippen LogP) is 0.335. The number of hydrogen-bond acceptors (Lipinski definition) is 8. The summed E-state index contributed by atoms with van der Waals surface area (Å²) in [6.07, 6.45) is 2.44. The zero-order valence-electron chi connectivity index (χ0n) is 19.5. The molecule has 0 aromatic heterocycles. The summed E-state index contributed by atoms with van der Waals surface area (Å²) in [5, 5.41) is 2.44. The minimum absolute atomic E-state index is 0.111. The second kappa shape index (κ2) is 25.2. The molecule has 1 amide bonds. The summed E-state index contributed by atoms with van der Waals surface area (Å²) in [6.45, 7) is 9.94. The van der Waals surface area contributed by atoms with Gasteiger partial charge in [0.05, 0.1) is 19.8 Å². The van der Waals surface area contributed by atoms with Crippen LogP contribution in [0, 0.1) is 0 Å². The lowest BCUT2D eigenvalue weighted by Gasteiger charge is -2.34. The van der Waals surface area contributed by atoms with Crippen molar-refractivity contribution >= 4 is 5.91 Å². The molecule has 0 radical (unpaired) electrons. The van der Waals surface area contributed by atoms with Crippen LogP contribution in [0.1, 0.15) is 12.8 Å². The van der Waals surface area contributed by atoms with Crippen molar-refractivity contribution in [1.82, 2.24) is 15.1 Å². The van der Waals surface area contributed by atoms with Gasteiger partial charge in [-0.1, -0.05) is 0 Å². The van der Waals surface area contributed by atoms with Crippen LogP contribution < -0.4 is 5.32 Å². The second-order valence-corrected chi connectivity index (χ2v) is 6.50. The molecule has 176 valence electrons. The van der Waals surface area contributed by atoms with E-state index in [1.807, 2.05) is 0 Å². The van der Waals surface area contributed by atoms with Crippen molar-refractivity contribution < 1.29 is 28.5 Å². The summed E-state index contributed by atoms with van der Waals surface area (Å²) in [6, 6.07) is 0. The fourth-order valence-electron chi connectivity index (χ4n) is 2.42. The van der Waals surface area contributed by atoms with Crippen LogP contribution in [0.5, 0.6) is 0 Å². The van der Waals surface area contributed by atoms with E-state index in [1.165, 1.54) is 45.6 Å². The smallest absolute Gasteiger partial charge is 0.245 e. The van der Waals surface area contributed by atoms with Gasteiger partial charge in [-0.2, -0.15) is 0 Å². The third-order valence-corrected chi connectivity index (χ3v) is 4.09. The van der Waals surface area contributed by atoms with Gasteiger partial charge in [0.2, 0.25) is 5.91 Å². The molecule has 1 fully saturated rings. The van der Waals surface area contributed by atoms with Crippen LogP contribution in [0.2, 0.25) is 0 Å². The van der Waals surface area contributed by atoms with Crippen LogP contribution in [0.25, 0.3) is 0 Å². The maximum atomic E-state index is 10.5. The molecule has 0 aliphatic carbocycles. The number of nitrogens with one attached hydrogen (secondary N) is 1. The number of ether oxygens (including phenoxy) is 5. The third kappa shape index (κ3) is 23.3. The van der Waals surface area contributed by atoms with Crippen LogP contribution in [0.15, 0.2) is 0 Å². The van der Waals surface area contributed by atoms with Crippen LogP contribution in [0.3, 0.4) is 0 Å². The molecular weight excluding hydrogens is 378 g/mol. The van der Waals surface area contributed by atoms with Crippen molar-refractivity contribution in [2.75, 3.05) is 115 Å². The highest BCUT2D eigenvalue weighted by Gasteiger charge is 2.15. The van der Waals surface area contributed by atoms with Gasteiger partial charge < -0.3 is 33.9 Å². The van der Waals surface area contributed by atoms with Crippen molar-refractivity contribution in [2.45, 2.75) is 12.8 Å². The van der Waals surface area contributed by atoms with Crippen molar-refractivity contribution in [3.63, 3.8) is 0 Å². The molecule has 1 aliphatic rings. The zero-order chi connectivity index (χ0) is 22.2. The van der Waals surface area contributed by atoms with E-state index in [2.05, 4.69) is 19.9 Å². The Bertz CT molecular complexity index is 329. The lowest BCUT2D eigenvalue weighted by Crippen LogP contribution is -2.47. The topological polar surface area (TPSA) is 81.7 Å². The Kier molecular flexibility index (Phi) is 26.4. The SMILES string of the molecule is CNC(=O)COCCOC.COC.COCCCCN1CCN(CCOC)CC1. The van der Waals surface area contributed by atoms with Crippen LogP contribution in [0.4, 0.5) is 0 Å². The van der Waals surface area contributed by atoms with E-state index in [-0.39, 0.29) is 12.5 Å². The number of nitrogens with zero attached hydrogens (tertiary/aromatic N) is 2. The van der Waals surface area contributed by atoms with Gasteiger partial charge in [-0.15, -0.1) is 0 Å². The van der Waals surface area contributed by atoms with Gasteiger partial charge in [-0.3, -0.25) is 9.69 Å². The lowest BCUT2D eigenvalue weighted by atomic mass is 10.2. The van der Waals surface area contributed by atoms with Gasteiger partial charge in [0.25, 0.3) is 0 Å². The van der Waals surface area contributed by atoms with Crippen molar-refractivity contribution in [1.29, 1.82) is 0 Å². The van der Waals surface area contributed by atoms with E-state index in [9.17, 15) is 4.79 Å². The molecule has 29 heavy (non-hydrogen) atoms. The van der Waals surface area contributed by atoms with Crippen molar-refractivity contribution in [3.8, 4) is 0 Å². The quantitative estimate of drug-likeness (QED) is 0.425. The normalized spacial score (nSPS) is 14.4. The van der Waals surface area contributed by atoms with Gasteiger partial charge in [-0.25, -0.2) is 0 Å². The van der Waals surface area contributed by atoms with E-state index in [0.717, 1.165) is 19.8 Å². The first-order valence-electron chi connectivity index (χ1n) is 10.2. The Morgan fingerprint density at radius 2 is 1.28 bits per heavy atom. The number of methoxy groups -OCH3 is 4. The highest BCUT2D eigenvalue weighted by atomic mass is 16.5. The van der Waals surface area contributed by atoms with Gasteiger partial charge >= 0.3 is 0 Å². The maximum Gasteiger partial charge on any atom is 0.245 e. The Balaban J connectivity index is 0. The molecule has 0 aromatic rings. The molecule has 9 nitrogen and oxygen atoms in total. The summed E-state index contributed by atoms with van der Waals surface area (Å²) < 4.78 is 24.0. The average molecular weight is 424 g/mol. The summed E-state index contributed by atoms with van der Waals surface area (Å²) in [5.74, 6) is -0.115. The molecule has 1 rings (SSSR count). The first-order valence-corrected chi connectivity index (χ1v) is 10.2. The highest BCUT2D eigenvalue weighted by Crippen LogP contribution is 2.03. The number of carbonyl (C=O) groups is 1. The van der Waals surface area contributed by atoms with E-state index in [0.29, 0.717) is 13.2 Å². The largest absolute Gasteiger partial charge is 0.388 e. The summed E-state index contributed by atoms with van der Waals surface area (Å²) in [4.78, 5) is 15.5. The van der Waals surface area contributed by atoms with Crippen molar-refractivity contribution in [3.05, 3.63) is 0 Å². The Morgan fingerprint density at radius 1 is 0.759 bits per heavy atom. The molecule has 0 saturated carbocycles. The number of carbonyl (C=O) groups excluding carboxylic acids is 1. The molecule has 1 heterocycles. The highest BCUT2D eigenvalue weighted by molar-refractivity contribution is 5.76. The molecule has 1 aliphatic heterocycles. The molecule has 0 bridgehead atoms. The second-order valence-electron chi connectivity index (χ2n) is 6.50. The molecular formula is C20H45N3O6. The first-order chi connectivity index (χ1) is 14.1. The Hall–Kier alpha value is -0.810. The zero-order valence-corrected chi connectivity index (χ0v) is 19.5. The number of amides is 1. The number of rotatable bonds is 13. The minimum atomic E-state index is -0.115. The molecule has 0 unspecified atom stereocenters. The molecule has 1 N–H and O–H groups in total. The van der Waals surface area contributed by atoms with Crippen LogP contribution in [-0.4, -0.2) is 131 Å². The Morgan fingerprint density at radius 3 is 1.76 bits per heavy atom. The third-order valence-electron chi connectivity index (χ3n) is 4.09. The number of hydrogen-bond donors (Lipinski definition) is 1. The van der Waals surface area contributed by atoms with E-state index in [4.69, 9.17) is 18.9 Å². The van der Waals surface area contributed by atoms with Gasteiger partial charge in [0.1, 0.15) is 6.61 Å². The van der Waals surface area contributed by atoms with Crippen LogP contribution in [-0.2, 0) is 28.5 Å². The van der Waals surface area contributed by atoms with E-state index >= 15 is 0 Å². The maximum absolute atomic E-state index is 10.5. The Labute approximate surface area is 177 Å². The first kappa shape index (κ1) is 30.4. The molecule has 0 aromatic carbocycles. The molecule has 0 spiro atoms. The summed E-state index contributed by atoms with van der Waals surface area (Å²) in [5.41, 5.74) is 0. The minimum Gasteiger partial charge on any atom is -0.388 e. The number of unbranched alkanes of at least 4 members (excludes halogenated alkanes) is 1. The summed E-state index contributed by atoms with van der Waals surface area (Å²) >= 11 is 0. The molecule has 1 saturated heterocycles. The lowest BCUT2D eigenvalue weighted by molar-refractivity contribution is -0.125. The molecule has 0 atom stereocenters. The molecule has 9 heteroatoms. The number of likely N-dealkylation sites (N-methyl/N-ethyl adjacent to an activating group) is 1. The van der Waals surface area contributed by atoms with Gasteiger partial charge in [0, 0.05) is 81.9 Å². The fraction of sp³-hybridized carbons (Fsp3) is 0.950. The van der Waals surface area contributed by atoms with Gasteiger partial charge in [-0.05, 0) is 19.4 Å². The van der Waals surface area contributed by atoms with E-state index in [1.54, 1.807) is 42.6 Å². The van der Waals surface area contributed by atoms with Crippen LogP contribution >= 0.6 is 0 Å². The standard InChI is InChI=1S/C12H26N2O2.C6H13NO3.C2H6O/c1-15-11-4-3-5-13-6-8-14(9-7-13)10-12-16-2;1-7-6(8)5-10-4-3-9-2;1-3-2/h3-12H2,1-2H3;3-5H2,1-2H3,(H,7,8);1-2H3. The summed E-state index contributed by atoms with van der Waals surface area (Å²) in [7, 11) is 9.95. The number of piperazine rings is 1.